The Balaban J connectivity index is 1.61. The van der Waals surface area contributed by atoms with Crippen LogP contribution in [0.15, 0.2) is 18.5 Å². The quantitative estimate of drug-likeness (QED) is 0.860. The van der Waals surface area contributed by atoms with E-state index in [0.29, 0.717) is 6.61 Å². The van der Waals surface area contributed by atoms with Crippen LogP contribution in [-0.4, -0.2) is 45.7 Å². The van der Waals surface area contributed by atoms with E-state index in [1.165, 1.54) is 0 Å². The lowest BCUT2D eigenvalue weighted by molar-refractivity contribution is 0.0347. The van der Waals surface area contributed by atoms with E-state index in [-0.39, 0.29) is 6.10 Å². The van der Waals surface area contributed by atoms with E-state index in [2.05, 4.69) is 24.8 Å². The van der Waals surface area contributed by atoms with Gasteiger partial charge in [-0.15, -0.1) is 0 Å². The van der Waals surface area contributed by atoms with Crippen molar-refractivity contribution in [1.29, 1.82) is 0 Å². The second-order valence-electron chi connectivity index (χ2n) is 6.08. The maximum atomic E-state index is 5.90. The Bertz CT molecular complexity index is 656. The van der Waals surface area contributed by atoms with Crippen LogP contribution < -0.4 is 4.90 Å². The van der Waals surface area contributed by atoms with Crippen molar-refractivity contribution in [2.24, 2.45) is 0 Å². The zero-order valence-corrected chi connectivity index (χ0v) is 14.0. The third-order valence-electron chi connectivity index (χ3n) is 3.97. The van der Waals surface area contributed by atoms with Crippen LogP contribution in [0.4, 0.5) is 5.95 Å². The summed E-state index contributed by atoms with van der Waals surface area (Å²) in [5.41, 5.74) is 4.09. The van der Waals surface area contributed by atoms with Gasteiger partial charge in [-0.3, -0.25) is 0 Å². The molecule has 0 amide bonds. The van der Waals surface area contributed by atoms with Gasteiger partial charge in [0.25, 0.3) is 0 Å². The zero-order chi connectivity index (χ0) is 16.2. The molecule has 1 aliphatic heterocycles. The maximum Gasteiger partial charge on any atom is 0.225 e. The molecule has 0 aromatic carbocycles. The average Bonchev–Trinajstić information content (AvgIpc) is 2.52. The number of aryl methyl sites for hydroxylation is 4. The lowest BCUT2D eigenvalue weighted by atomic mass is 10.1. The number of hydrogen-bond acceptors (Lipinski definition) is 6. The first-order chi connectivity index (χ1) is 11.1. The van der Waals surface area contributed by atoms with Gasteiger partial charge in [0.05, 0.1) is 12.7 Å². The summed E-state index contributed by atoms with van der Waals surface area (Å²) in [4.78, 5) is 19.8. The van der Waals surface area contributed by atoms with Crippen LogP contribution in [0.25, 0.3) is 0 Å². The fraction of sp³-hybridized carbons (Fsp3) is 0.529. The standard InChI is InChI=1S/C17H23N5O/c1-12-9-15(19-11-18-12)4-5-16-10-22(6-7-23-16)17-20-13(2)8-14(3)21-17/h8-9,11,16H,4-7,10H2,1-3H3. The fourth-order valence-corrected chi connectivity index (χ4v) is 2.88. The molecule has 6 heteroatoms. The maximum absolute atomic E-state index is 5.90. The molecular weight excluding hydrogens is 290 g/mol. The molecule has 2 aromatic rings. The molecule has 0 aliphatic carbocycles. The van der Waals surface area contributed by atoms with Gasteiger partial charge >= 0.3 is 0 Å². The van der Waals surface area contributed by atoms with E-state index >= 15 is 0 Å². The highest BCUT2D eigenvalue weighted by Gasteiger charge is 2.22. The minimum atomic E-state index is 0.184. The predicted molar refractivity (Wildman–Crippen MR) is 88.5 cm³/mol. The Morgan fingerprint density at radius 1 is 1.09 bits per heavy atom. The molecule has 3 heterocycles. The lowest BCUT2D eigenvalue weighted by Gasteiger charge is -2.33. The van der Waals surface area contributed by atoms with E-state index in [1.54, 1.807) is 6.33 Å². The van der Waals surface area contributed by atoms with Gasteiger partial charge in [0.1, 0.15) is 6.33 Å². The minimum absolute atomic E-state index is 0.184. The highest BCUT2D eigenvalue weighted by Crippen LogP contribution is 2.17. The number of morpholine rings is 1. The summed E-state index contributed by atoms with van der Waals surface area (Å²) < 4.78 is 5.90. The second-order valence-corrected chi connectivity index (χ2v) is 6.08. The summed E-state index contributed by atoms with van der Waals surface area (Å²) in [7, 11) is 0. The second kappa shape index (κ2) is 7.00. The predicted octanol–water partition coefficient (Wildman–Crippen LogP) is 2.03. The first-order valence-corrected chi connectivity index (χ1v) is 8.06. The molecule has 122 valence electrons. The van der Waals surface area contributed by atoms with Gasteiger partial charge in [0.15, 0.2) is 0 Å². The molecule has 0 radical (unpaired) electrons. The van der Waals surface area contributed by atoms with Crippen molar-refractivity contribution in [3.05, 3.63) is 41.2 Å². The van der Waals surface area contributed by atoms with Crippen molar-refractivity contribution in [2.75, 3.05) is 24.6 Å². The summed E-state index contributed by atoms with van der Waals surface area (Å²) in [5.74, 6) is 0.814. The molecule has 0 saturated carbocycles. The average molecular weight is 313 g/mol. The van der Waals surface area contributed by atoms with E-state index in [1.807, 2.05) is 32.9 Å². The smallest absolute Gasteiger partial charge is 0.225 e. The van der Waals surface area contributed by atoms with Crippen molar-refractivity contribution in [3.8, 4) is 0 Å². The third-order valence-corrected chi connectivity index (χ3v) is 3.97. The Hall–Kier alpha value is -2.08. The minimum Gasteiger partial charge on any atom is -0.375 e. The van der Waals surface area contributed by atoms with Crippen molar-refractivity contribution < 1.29 is 4.74 Å². The van der Waals surface area contributed by atoms with Gasteiger partial charge in [0.2, 0.25) is 5.95 Å². The Morgan fingerprint density at radius 3 is 2.61 bits per heavy atom. The summed E-state index contributed by atoms with van der Waals surface area (Å²) in [6.07, 6.45) is 3.65. The lowest BCUT2D eigenvalue weighted by Crippen LogP contribution is -2.43. The van der Waals surface area contributed by atoms with E-state index < -0.39 is 0 Å². The summed E-state index contributed by atoms with van der Waals surface area (Å²) in [6, 6.07) is 4.03. The molecule has 2 aromatic heterocycles. The van der Waals surface area contributed by atoms with Crippen molar-refractivity contribution in [1.82, 2.24) is 19.9 Å². The zero-order valence-electron chi connectivity index (χ0n) is 14.0. The molecule has 0 spiro atoms. The van der Waals surface area contributed by atoms with Gasteiger partial charge in [-0.25, -0.2) is 19.9 Å². The van der Waals surface area contributed by atoms with Crippen LogP contribution >= 0.6 is 0 Å². The molecule has 0 N–H and O–H groups in total. The fourth-order valence-electron chi connectivity index (χ4n) is 2.88. The van der Waals surface area contributed by atoms with Gasteiger partial charge in [-0.2, -0.15) is 0 Å². The molecule has 23 heavy (non-hydrogen) atoms. The van der Waals surface area contributed by atoms with Crippen LogP contribution in [-0.2, 0) is 11.2 Å². The van der Waals surface area contributed by atoms with Crippen molar-refractivity contribution in [3.63, 3.8) is 0 Å². The van der Waals surface area contributed by atoms with E-state index in [0.717, 1.165) is 54.7 Å². The molecule has 6 nitrogen and oxygen atoms in total. The van der Waals surface area contributed by atoms with E-state index in [4.69, 9.17) is 4.74 Å². The van der Waals surface area contributed by atoms with Gasteiger partial charge in [-0.05, 0) is 45.7 Å². The van der Waals surface area contributed by atoms with Crippen molar-refractivity contribution >= 4 is 5.95 Å². The molecule has 1 unspecified atom stereocenters. The summed E-state index contributed by atoms with van der Waals surface area (Å²) in [6.45, 7) is 8.38. The largest absolute Gasteiger partial charge is 0.375 e. The molecule has 1 atom stereocenters. The molecule has 1 aliphatic rings. The first kappa shape index (κ1) is 15.8. The van der Waals surface area contributed by atoms with Crippen LogP contribution in [0.2, 0.25) is 0 Å². The van der Waals surface area contributed by atoms with Gasteiger partial charge in [0, 0.05) is 35.9 Å². The summed E-state index contributed by atoms with van der Waals surface area (Å²) in [5, 5.41) is 0. The Kier molecular flexibility index (Phi) is 4.81. The Labute approximate surface area is 137 Å². The monoisotopic (exact) mass is 313 g/mol. The van der Waals surface area contributed by atoms with Gasteiger partial charge in [-0.1, -0.05) is 0 Å². The number of ether oxygens (including phenoxy) is 1. The normalized spacial score (nSPS) is 18.2. The first-order valence-electron chi connectivity index (χ1n) is 8.06. The topological polar surface area (TPSA) is 64.0 Å². The van der Waals surface area contributed by atoms with Crippen molar-refractivity contribution in [2.45, 2.75) is 39.7 Å². The summed E-state index contributed by atoms with van der Waals surface area (Å²) >= 11 is 0. The van der Waals surface area contributed by atoms with Gasteiger partial charge < -0.3 is 9.64 Å². The molecule has 0 bridgehead atoms. The number of nitrogens with zero attached hydrogens (tertiary/aromatic N) is 5. The van der Waals surface area contributed by atoms with Crippen LogP contribution in [0, 0.1) is 20.8 Å². The number of rotatable bonds is 4. The molecule has 1 fully saturated rings. The highest BCUT2D eigenvalue weighted by molar-refractivity contribution is 5.33. The number of hydrogen-bond donors (Lipinski definition) is 0. The Morgan fingerprint density at radius 2 is 1.87 bits per heavy atom. The van der Waals surface area contributed by atoms with Crippen LogP contribution in [0.3, 0.4) is 0 Å². The number of anilines is 1. The molecular formula is C17H23N5O. The van der Waals surface area contributed by atoms with E-state index in [9.17, 15) is 0 Å². The van der Waals surface area contributed by atoms with Crippen LogP contribution in [0.1, 0.15) is 29.2 Å². The molecule has 1 saturated heterocycles. The third kappa shape index (κ3) is 4.22. The molecule has 3 rings (SSSR count). The number of aromatic nitrogens is 4. The SMILES string of the molecule is Cc1cc(CCC2CN(c3nc(C)cc(C)n3)CCO2)ncn1. The highest BCUT2D eigenvalue weighted by atomic mass is 16.5. The van der Waals surface area contributed by atoms with Crippen LogP contribution in [0.5, 0.6) is 0 Å².